The molecule has 30 heavy (non-hydrogen) atoms. The molecular weight excluding hydrogens is 406 g/mol. The maximum absolute atomic E-state index is 13.1. The van der Waals surface area contributed by atoms with Gasteiger partial charge in [0.05, 0.1) is 18.4 Å². The number of nitrogens with zero attached hydrogens (tertiary/aromatic N) is 1. The van der Waals surface area contributed by atoms with Crippen LogP contribution in [0.2, 0.25) is 0 Å². The molecule has 3 aromatic rings. The molecule has 0 radical (unpaired) electrons. The zero-order chi connectivity index (χ0) is 21.9. The van der Waals surface area contributed by atoms with Gasteiger partial charge in [0.2, 0.25) is 11.8 Å². The summed E-state index contributed by atoms with van der Waals surface area (Å²) in [5.74, 6) is 0.00851. The van der Waals surface area contributed by atoms with Crippen molar-refractivity contribution in [1.82, 2.24) is 5.16 Å². The third-order valence-electron chi connectivity index (χ3n) is 4.51. The summed E-state index contributed by atoms with van der Waals surface area (Å²) < 4.78 is 39.2. The lowest BCUT2D eigenvalue weighted by molar-refractivity contribution is -0.114. The van der Waals surface area contributed by atoms with Gasteiger partial charge in [-0.1, -0.05) is 30.3 Å². The first-order valence-electron chi connectivity index (χ1n) is 9.29. The fourth-order valence-corrected chi connectivity index (χ4v) is 4.27. The van der Waals surface area contributed by atoms with Gasteiger partial charge in [-0.15, -0.1) is 0 Å². The molecule has 2 N–H and O–H groups in total. The number of amides is 1. The summed E-state index contributed by atoms with van der Waals surface area (Å²) >= 11 is 0. The Bertz CT molecular complexity index is 1170. The molecule has 0 bridgehead atoms. The summed E-state index contributed by atoms with van der Waals surface area (Å²) in [5.41, 5.74) is 3.07. The number of nitrogens with one attached hydrogen (secondary N) is 2. The Morgan fingerprint density at radius 3 is 2.47 bits per heavy atom. The van der Waals surface area contributed by atoms with Gasteiger partial charge in [0.25, 0.3) is 10.0 Å². The van der Waals surface area contributed by atoms with E-state index in [1.54, 1.807) is 31.2 Å². The number of benzene rings is 2. The van der Waals surface area contributed by atoms with Crippen LogP contribution in [0.1, 0.15) is 25.1 Å². The summed E-state index contributed by atoms with van der Waals surface area (Å²) in [7, 11) is -2.55. The van der Waals surface area contributed by atoms with Gasteiger partial charge in [0.15, 0.2) is 0 Å². The van der Waals surface area contributed by atoms with Crippen molar-refractivity contribution < 1.29 is 22.5 Å². The standard InChI is InChI=1S/C21H23N3O5S/c1-5-15-6-9-17(10-7-15)24-30(26,27)19-12-16(8-11-18(19)28-4)20-13(2)23-29-21(20)22-14(3)25/h6-12,24H,5H2,1-4H3,(H,22,25). The highest BCUT2D eigenvalue weighted by Gasteiger charge is 2.23. The van der Waals surface area contributed by atoms with E-state index in [0.717, 1.165) is 12.0 Å². The molecule has 0 saturated carbocycles. The lowest BCUT2D eigenvalue weighted by Gasteiger charge is -2.14. The van der Waals surface area contributed by atoms with Gasteiger partial charge in [-0.25, -0.2) is 8.42 Å². The second kappa shape index (κ2) is 8.58. The topological polar surface area (TPSA) is 111 Å². The number of anilines is 2. The maximum Gasteiger partial charge on any atom is 0.265 e. The van der Waals surface area contributed by atoms with Gasteiger partial charge < -0.3 is 9.26 Å². The Labute approximate surface area is 175 Å². The molecule has 2 aromatic carbocycles. The molecule has 3 rings (SSSR count). The van der Waals surface area contributed by atoms with E-state index in [2.05, 4.69) is 15.2 Å². The third kappa shape index (κ3) is 4.46. The van der Waals surface area contributed by atoms with E-state index in [1.807, 2.05) is 19.1 Å². The average Bonchev–Trinajstić information content (AvgIpc) is 3.07. The Hall–Kier alpha value is -3.33. The third-order valence-corrected chi connectivity index (χ3v) is 5.91. The normalized spacial score (nSPS) is 11.2. The monoisotopic (exact) mass is 429 g/mol. The highest BCUT2D eigenvalue weighted by molar-refractivity contribution is 7.92. The summed E-state index contributed by atoms with van der Waals surface area (Å²) in [6.45, 7) is 5.08. The molecule has 0 aliphatic carbocycles. The van der Waals surface area contributed by atoms with Crippen LogP contribution in [0.4, 0.5) is 11.6 Å². The number of methoxy groups -OCH3 is 1. The van der Waals surface area contributed by atoms with Crippen LogP contribution in [0, 0.1) is 6.92 Å². The van der Waals surface area contributed by atoms with Crippen molar-refractivity contribution in [2.24, 2.45) is 0 Å². The molecule has 0 saturated heterocycles. The minimum atomic E-state index is -3.95. The molecule has 1 amide bonds. The van der Waals surface area contributed by atoms with E-state index in [4.69, 9.17) is 9.26 Å². The highest BCUT2D eigenvalue weighted by atomic mass is 32.2. The quantitative estimate of drug-likeness (QED) is 0.588. The Morgan fingerprint density at radius 1 is 1.17 bits per heavy atom. The van der Waals surface area contributed by atoms with Gasteiger partial charge in [-0.05, 0) is 48.7 Å². The lowest BCUT2D eigenvalue weighted by Crippen LogP contribution is -2.14. The average molecular weight is 429 g/mol. The largest absolute Gasteiger partial charge is 0.495 e. The van der Waals surface area contributed by atoms with Crippen molar-refractivity contribution in [2.45, 2.75) is 32.1 Å². The molecule has 0 unspecified atom stereocenters. The lowest BCUT2D eigenvalue weighted by atomic mass is 10.1. The van der Waals surface area contributed by atoms with Gasteiger partial charge in [-0.3, -0.25) is 14.8 Å². The predicted octanol–water partition coefficient (Wildman–Crippen LogP) is 3.98. The highest BCUT2D eigenvalue weighted by Crippen LogP contribution is 2.36. The van der Waals surface area contributed by atoms with Crippen molar-refractivity contribution in [3.05, 3.63) is 53.7 Å². The fourth-order valence-electron chi connectivity index (χ4n) is 3.02. The number of hydrogen-bond donors (Lipinski definition) is 2. The van der Waals surface area contributed by atoms with E-state index >= 15 is 0 Å². The van der Waals surface area contributed by atoms with Crippen LogP contribution in [0.25, 0.3) is 11.1 Å². The van der Waals surface area contributed by atoms with Gasteiger partial charge >= 0.3 is 0 Å². The van der Waals surface area contributed by atoms with Crippen molar-refractivity contribution in [3.8, 4) is 16.9 Å². The van der Waals surface area contributed by atoms with Gasteiger partial charge in [0, 0.05) is 12.6 Å². The summed E-state index contributed by atoms with van der Waals surface area (Å²) in [5, 5.41) is 6.44. The van der Waals surface area contributed by atoms with Crippen LogP contribution in [-0.4, -0.2) is 26.6 Å². The minimum absolute atomic E-state index is 0.0450. The smallest absolute Gasteiger partial charge is 0.265 e. The van der Waals surface area contributed by atoms with Crippen LogP contribution in [0.15, 0.2) is 51.9 Å². The van der Waals surface area contributed by atoms with E-state index in [1.165, 1.54) is 20.1 Å². The Morgan fingerprint density at radius 2 is 1.87 bits per heavy atom. The fraction of sp³-hybridized carbons (Fsp3) is 0.238. The molecule has 9 heteroatoms. The first-order chi connectivity index (χ1) is 14.2. The number of rotatable bonds is 7. The number of ether oxygens (including phenoxy) is 1. The van der Waals surface area contributed by atoms with Crippen LogP contribution < -0.4 is 14.8 Å². The Kier molecular flexibility index (Phi) is 6.12. The second-order valence-corrected chi connectivity index (χ2v) is 8.33. The molecule has 0 atom stereocenters. The molecule has 8 nitrogen and oxygen atoms in total. The summed E-state index contributed by atoms with van der Waals surface area (Å²) in [6, 6.07) is 11.9. The first-order valence-corrected chi connectivity index (χ1v) is 10.8. The van der Waals surface area contributed by atoms with E-state index < -0.39 is 10.0 Å². The zero-order valence-electron chi connectivity index (χ0n) is 17.1. The van der Waals surface area contributed by atoms with Crippen LogP contribution in [0.3, 0.4) is 0 Å². The molecule has 0 aliphatic rings. The van der Waals surface area contributed by atoms with Crippen molar-refractivity contribution in [1.29, 1.82) is 0 Å². The van der Waals surface area contributed by atoms with Crippen LogP contribution in [-0.2, 0) is 21.2 Å². The molecule has 0 fully saturated rings. The predicted molar refractivity (Wildman–Crippen MR) is 114 cm³/mol. The minimum Gasteiger partial charge on any atom is -0.495 e. The van der Waals surface area contributed by atoms with Crippen molar-refractivity contribution in [2.75, 3.05) is 17.1 Å². The van der Waals surface area contributed by atoms with E-state index in [0.29, 0.717) is 22.5 Å². The number of carbonyl (C=O) groups excluding carboxylic acids is 1. The van der Waals surface area contributed by atoms with E-state index in [9.17, 15) is 13.2 Å². The molecule has 1 aromatic heterocycles. The summed E-state index contributed by atoms with van der Waals surface area (Å²) in [6.07, 6.45) is 0.859. The number of carbonyl (C=O) groups is 1. The van der Waals surface area contributed by atoms with Gasteiger partial charge in [-0.2, -0.15) is 0 Å². The molecule has 1 heterocycles. The van der Waals surface area contributed by atoms with Crippen molar-refractivity contribution >= 4 is 27.5 Å². The van der Waals surface area contributed by atoms with Gasteiger partial charge in [0.1, 0.15) is 10.6 Å². The number of aromatic nitrogens is 1. The number of hydrogen-bond acceptors (Lipinski definition) is 6. The van der Waals surface area contributed by atoms with E-state index in [-0.39, 0.29) is 22.4 Å². The SMILES string of the molecule is CCc1ccc(NS(=O)(=O)c2cc(-c3c(C)noc3NC(C)=O)ccc2OC)cc1. The number of aryl methyl sites for hydroxylation is 2. The Balaban J connectivity index is 2.04. The maximum atomic E-state index is 13.1. The second-order valence-electron chi connectivity index (χ2n) is 6.67. The molecule has 0 aliphatic heterocycles. The first kappa shape index (κ1) is 21.4. The van der Waals surface area contributed by atoms with Crippen molar-refractivity contribution in [3.63, 3.8) is 0 Å². The molecule has 158 valence electrons. The van der Waals surface area contributed by atoms with Crippen LogP contribution >= 0.6 is 0 Å². The molecule has 0 spiro atoms. The summed E-state index contributed by atoms with van der Waals surface area (Å²) in [4.78, 5) is 11.4. The number of sulfonamides is 1. The van der Waals surface area contributed by atoms with Crippen LogP contribution in [0.5, 0.6) is 5.75 Å². The zero-order valence-corrected chi connectivity index (χ0v) is 18.0. The molecular formula is C21H23N3O5S.